The van der Waals surface area contributed by atoms with Gasteiger partial charge in [-0.1, -0.05) is 44.0 Å². The van der Waals surface area contributed by atoms with Crippen LogP contribution in [0.1, 0.15) is 44.7 Å². The van der Waals surface area contributed by atoms with Crippen molar-refractivity contribution >= 4 is 23.2 Å². The Kier molecular flexibility index (Phi) is 8.79. The van der Waals surface area contributed by atoms with Crippen LogP contribution in [0.4, 0.5) is 0 Å². The van der Waals surface area contributed by atoms with Crippen LogP contribution in [-0.2, 0) is 6.42 Å². The van der Waals surface area contributed by atoms with Gasteiger partial charge < -0.3 is 9.47 Å². The maximum absolute atomic E-state index is 6.38. The summed E-state index contributed by atoms with van der Waals surface area (Å²) in [6.07, 6.45) is 3.03. The summed E-state index contributed by atoms with van der Waals surface area (Å²) in [5.74, 6) is 2.84. The summed E-state index contributed by atoms with van der Waals surface area (Å²) >= 11 is 12.4. The van der Waals surface area contributed by atoms with Crippen molar-refractivity contribution in [3.63, 3.8) is 0 Å². The van der Waals surface area contributed by atoms with Gasteiger partial charge in [-0.25, -0.2) is 0 Å². The van der Waals surface area contributed by atoms with E-state index in [-0.39, 0.29) is 0 Å². The lowest BCUT2D eigenvalue weighted by Gasteiger charge is -2.15. The van der Waals surface area contributed by atoms with E-state index in [0.717, 1.165) is 58.5 Å². The van der Waals surface area contributed by atoms with Crippen LogP contribution in [0, 0.1) is 18.8 Å². The number of hydrogen-bond donors (Lipinski definition) is 0. The molecule has 2 aromatic rings. The van der Waals surface area contributed by atoms with Crippen molar-refractivity contribution in [1.29, 1.82) is 0 Å². The van der Waals surface area contributed by atoms with Gasteiger partial charge in [0.2, 0.25) is 0 Å². The third kappa shape index (κ3) is 7.63. The normalized spacial score (nSPS) is 12.3. The van der Waals surface area contributed by atoms with Gasteiger partial charge in [-0.3, -0.25) is 0 Å². The van der Waals surface area contributed by atoms with Gasteiger partial charge in [0.1, 0.15) is 11.5 Å². The highest BCUT2D eigenvalue weighted by Gasteiger charge is 2.10. The van der Waals surface area contributed by atoms with E-state index in [1.54, 1.807) is 0 Å². The largest absolute Gasteiger partial charge is 0.493 e. The second-order valence-electron chi connectivity index (χ2n) is 7.67. The zero-order valence-electron chi connectivity index (χ0n) is 16.7. The van der Waals surface area contributed by atoms with E-state index in [1.165, 1.54) is 0 Å². The first kappa shape index (κ1) is 21.9. The molecular weight excluding hydrogens is 379 g/mol. The molecule has 0 spiro atoms. The molecule has 27 heavy (non-hydrogen) atoms. The van der Waals surface area contributed by atoms with Crippen molar-refractivity contribution in [1.82, 2.24) is 0 Å². The summed E-state index contributed by atoms with van der Waals surface area (Å²) in [5, 5.41) is 1.55. The fraction of sp³-hybridized carbons (Fsp3) is 0.478. The molecule has 0 amide bonds. The van der Waals surface area contributed by atoms with E-state index in [9.17, 15) is 0 Å². The monoisotopic (exact) mass is 408 g/mol. The van der Waals surface area contributed by atoms with Gasteiger partial charge in [-0.2, -0.15) is 0 Å². The van der Waals surface area contributed by atoms with E-state index in [0.29, 0.717) is 18.4 Å². The van der Waals surface area contributed by atoms with Crippen molar-refractivity contribution in [2.24, 2.45) is 11.8 Å². The van der Waals surface area contributed by atoms with Crippen molar-refractivity contribution in [2.45, 2.75) is 47.0 Å². The zero-order chi connectivity index (χ0) is 19.8. The molecule has 0 aliphatic carbocycles. The quantitative estimate of drug-likeness (QED) is 0.381. The fourth-order valence-corrected chi connectivity index (χ4v) is 3.35. The number of aryl methyl sites for hydroxylation is 1. The highest BCUT2D eigenvalue weighted by Crippen LogP contribution is 2.27. The second kappa shape index (κ2) is 10.8. The Morgan fingerprint density at radius 1 is 0.963 bits per heavy atom. The average molecular weight is 409 g/mol. The van der Waals surface area contributed by atoms with E-state index in [2.05, 4.69) is 26.8 Å². The predicted octanol–water partition coefficient (Wildman–Crippen LogP) is 7.37. The van der Waals surface area contributed by atoms with Crippen LogP contribution in [0.25, 0.3) is 0 Å². The molecule has 0 fully saturated rings. The highest BCUT2D eigenvalue weighted by atomic mass is 35.5. The van der Waals surface area contributed by atoms with Crippen LogP contribution < -0.4 is 9.47 Å². The van der Waals surface area contributed by atoms with Gasteiger partial charge in [0.25, 0.3) is 0 Å². The van der Waals surface area contributed by atoms with Gasteiger partial charge in [-0.15, -0.1) is 0 Å². The Bertz CT molecular complexity index is 728. The van der Waals surface area contributed by atoms with E-state index in [4.69, 9.17) is 32.7 Å². The molecular formula is C23H30Cl2O2. The Morgan fingerprint density at radius 2 is 1.74 bits per heavy atom. The van der Waals surface area contributed by atoms with Crippen LogP contribution in [-0.4, -0.2) is 13.2 Å². The van der Waals surface area contributed by atoms with Crippen molar-refractivity contribution in [2.75, 3.05) is 13.2 Å². The lowest BCUT2D eigenvalue weighted by atomic mass is 9.96. The van der Waals surface area contributed by atoms with Gasteiger partial charge in [-0.05, 0) is 85.5 Å². The minimum absolute atomic E-state index is 0.507. The van der Waals surface area contributed by atoms with Crippen LogP contribution >= 0.6 is 23.2 Å². The standard InChI is InChI=1S/C23H30Cl2O2/c1-16(2)15-27-21-8-9-22(25)19(14-21)12-17(3)6-5-11-26-23-10-7-20(24)13-18(23)4/h7-10,13-14,16-17H,5-6,11-12,15H2,1-4H3. The van der Waals surface area contributed by atoms with Crippen molar-refractivity contribution in [3.8, 4) is 11.5 Å². The highest BCUT2D eigenvalue weighted by molar-refractivity contribution is 6.31. The first-order valence-corrected chi connectivity index (χ1v) is 10.4. The van der Waals surface area contributed by atoms with Crippen LogP contribution in [0.2, 0.25) is 10.0 Å². The molecule has 0 aromatic heterocycles. The molecule has 0 saturated heterocycles. The van der Waals surface area contributed by atoms with Gasteiger partial charge in [0.05, 0.1) is 13.2 Å². The molecule has 0 aliphatic rings. The number of ether oxygens (including phenoxy) is 2. The van der Waals surface area contributed by atoms with Gasteiger partial charge >= 0.3 is 0 Å². The Hall–Kier alpha value is -1.38. The molecule has 1 atom stereocenters. The maximum Gasteiger partial charge on any atom is 0.122 e. The molecule has 1 unspecified atom stereocenters. The molecule has 0 aliphatic heterocycles. The molecule has 148 valence electrons. The number of hydrogen-bond acceptors (Lipinski definition) is 2. The summed E-state index contributed by atoms with van der Waals surface area (Å²) in [6.45, 7) is 9.99. The summed E-state index contributed by atoms with van der Waals surface area (Å²) in [7, 11) is 0. The summed E-state index contributed by atoms with van der Waals surface area (Å²) in [5.41, 5.74) is 2.22. The molecule has 2 aromatic carbocycles. The van der Waals surface area contributed by atoms with Crippen LogP contribution in [0.15, 0.2) is 36.4 Å². The number of halogens is 2. The van der Waals surface area contributed by atoms with Gasteiger partial charge in [0.15, 0.2) is 0 Å². The molecule has 0 radical (unpaired) electrons. The minimum Gasteiger partial charge on any atom is -0.493 e. The van der Waals surface area contributed by atoms with E-state index in [1.807, 2.05) is 37.3 Å². The first-order chi connectivity index (χ1) is 12.8. The minimum atomic E-state index is 0.507. The van der Waals surface area contributed by atoms with Crippen LogP contribution in [0.3, 0.4) is 0 Å². The molecule has 0 N–H and O–H groups in total. The van der Waals surface area contributed by atoms with E-state index >= 15 is 0 Å². The summed E-state index contributed by atoms with van der Waals surface area (Å²) in [6, 6.07) is 11.7. The fourth-order valence-electron chi connectivity index (χ4n) is 2.93. The SMILES string of the molecule is Cc1cc(Cl)ccc1OCCCC(C)Cc1cc(OCC(C)C)ccc1Cl. The lowest BCUT2D eigenvalue weighted by Crippen LogP contribution is -2.07. The summed E-state index contributed by atoms with van der Waals surface area (Å²) in [4.78, 5) is 0. The van der Waals surface area contributed by atoms with E-state index < -0.39 is 0 Å². The Balaban J connectivity index is 1.79. The van der Waals surface area contributed by atoms with Crippen LogP contribution in [0.5, 0.6) is 11.5 Å². The molecule has 0 heterocycles. The molecule has 2 nitrogen and oxygen atoms in total. The third-order valence-electron chi connectivity index (χ3n) is 4.40. The van der Waals surface area contributed by atoms with Gasteiger partial charge in [0, 0.05) is 10.0 Å². The first-order valence-electron chi connectivity index (χ1n) is 9.65. The summed E-state index contributed by atoms with van der Waals surface area (Å²) < 4.78 is 11.7. The number of benzene rings is 2. The predicted molar refractivity (Wildman–Crippen MR) is 116 cm³/mol. The molecule has 2 rings (SSSR count). The Morgan fingerprint density at radius 3 is 2.44 bits per heavy atom. The average Bonchev–Trinajstić information content (AvgIpc) is 2.60. The smallest absolute Gasteiger partial charge is 0.122 e. The number of rotatable bonds is 10. The third-order valence-corrected chi connectivity index (χ3v) is 5.01. The molecule has 0 bridgehead atoms. The second-order valence-corrected chi connectivity index (χ2v) is 8.51. The van der Waals surface area contributed by atoms with Crippen molar-refractivity contribution in [3.05, 3.63) is 57.6 Å². The maximum atomic E-state index is 6.38. The molecule has 4 heteroatoms. The Labute approximate surface area is 173 Å². The zero-order valence-corrected chi connectivity index (χ0v) is 18.2. The lowest BCUT2D eigenvalue weighted by molar-refractivity contribution is 0.270. The van der Waals surface area contributed by atoms with Crippen molar-refractivity contribution < 1.29 is 9.47 Å². The molecule has 0 saturated carbocycles. The topological polar surface area (TPSA) is 18.5 Å².